The molecule has 0 saturated heterocycles. The minimum absolute atomic E-state index is 0.313. The molecule has 0 aromatic heterocycles. The number of aliphatic hydroxyl groups is 1. The molecule has 0 heterocycles. The number of halogens is 1. The number of aliphatic hydroxyl groups excluding tert-OH is 1. The maximum Gasteiger partial charge on any atom is 0.160 e. The minimum Gasteiger partial charge on any atom is -0.493 e. The fourth-order valence-electron chi connectivity index (χ4n) is 2.03. The molecule has 3 nitrogen and oxygen atoms in total. The van der Waals surface area contributed by atoms with Gasteiger partial charge in [0.05, 0.1) is 20.3 Å². The number of rotatable bonds is 5. The zero-order valence-electron chi connectivity index (χ0n) is 11.5. The van der Waals surface area contributed by atoms with Gasteiger partial charge in [-0.05, 0) is 35.4 Å². The van der Waals surface area contributed by atoms with Gasteiger partial charge in [-0.2, -0.15) is 0 Å². The van der Waals surface area contributed by atoms with Gasteiger partial charge in [-0.15, -0.1) is 0 Å². The highest BCUT2D eigenvalue weighted by molar-refractivity contribution is 5.43. The Labute approximate surface area is 117 Å². The van der Waals surface area contributed by atoms with Gasteiger partial charge in [0, 0.05) is 6.42 Å². The average molecular weight is 276 g/mol. The highest BCUT2D eigenvalue weighted by Crippen LogP contribution is 2.29. The van der Waals surface area contributed by atoms with E-state index in [1.165, 1.54) is 12.1 Å². The van der Waals surface area contributed by atoms with Crippen molar-refractivity contribution >= 4 is 0 Å². The quantitative estimate of drug-likeness (QED) is 0.912. The molecule has 20 heavy (non-hydrogen) atoms. The number of benzene rings is 2. The molecule has 2 aromatic rings. The van der Waals surface area contributed by atoms with Crippen LogP contribution in [0.3, 0.4) is 0 Å². The second-order valence-corrected chi connectivity index (χ2v) is 4.46. The Morgan fingerprint density at radius 2 is 1.65 bits per heavy atom. The molecule has 1 N–H and O–H groups in total. The van der Waals surface area contributed by atoms with Crippen LogP contribution in [0.4, 0.5) is 4.39 Å². The first-order valence-electron chi connectivity index (χ1n) is 6.28. The Balaban J connectivity index is 2.15. The summed E-state index contributed by atoms with van der Waals surface area (Å²) < 4.78 is 23.2. The molecule has 0 aliphatic heterocycles. The van der Waals surface area contributed by atoms with Crippen LogP contribution >= 0.6 is 0 Å². The van der Waals surface area contributed by atoms with E-state index < -0.39 is 6.10 Å². The summed E-state index contributed by atoms with van der Waals surface area (Å²) in [6.45, 7) is 0. The van der Waals surface area contributed by atoms with E-state index in [2.05, 4.69) is 0 Å². The molecule has 0 amide bonds. The molecular weight excluding hydrogens is 259 g/mol. The van der Waals surface area contributed by atoms with Crippen molar-refractivity contribution in [1.29, 1.82) is 0 Å². The zero-order chi connectivity index (χ0) is 14.5. The smallest absolute Gasteiger partial charge is 0.160 e. The Hall–Kier alpha value is -2.07. The first-order chi connectivity index (χ1) is 9.63. The van der Waals surface area contributed by atoms with E-state index in [-0.39, 0.29) is 5.82 Å². The zero-order valence-corrected chi connectivity index (χ0v) is 11.5. The summed E-state index contributed by atoms with van der Waals surface area (Å²) in [7, 11) is 3.14. The summed E-state index contributed by atoms with van der Waals surface area (Å²) in [6.07, 6.45) is -0.264. The molecule has 1 unspecified atom stereocenters. The van der Waals surface area contributed by atoms with Crippen molar-refractivity contribution in [3.8, 4) is 11.5 Å². The Morgan fingerprint density at radius 3 is 2.25 bits per heavy atom. The maximum absolute atomic E-state index is 12.8. The van der Waals surface area contributed by atoms with Gasteiger partial charge in [-0.1, -0.05) is 18.2 Å². The van der Waals surface area contributed by atoms with E-state index in [1.807, 2.05) is 12.1 Å². The topological polar surface area (TPSA) is 38.7 Å². The van der Waals surface area contributed by atoms with E-state index in [0.29, 0.717) is 23.5 Å². The molecule has 0 aliphatic carbocycles. The van der Waals surface area contributed by atoms with Gasteiger partial charge in [-0.3, -0.25) is 0 Å². The van der Waals surface area contributed by atoms with Crippen LogP contribution in [0.2, 0.25) is 0 Å². The van der Waals surface area contributed by atoms with Gasteiger partial charge in [0.15, 0.2) is 11.5 Å². The third-order valence-corrected chi connectivity index (χ3v) is 3.13. The first-order valence-corrected chi connectivity index (χ1v) is 6.28. The lowest BCUT2D eigenvalue weighted by atomic mass is 10.0. The van der Waals surface area contributed by atoms with E-state index in [9.17, 15) is 9.50 Å². The van der Waals surface area contributed by atoms with Crippen molar-refractivity contribution in [3.05, 3.63) is 59.4 Å². The second-order valence-electron chi connectivity index (χ2n) is 4.46. The molecular formula is C16H17FO3. The van der Waals surface area contributed by atoms with E-state index in [4.69, 9.17) is 9.47 Å². The van der Waals surface area contributed by atoms with Crippen LogP contribution in [0, 0.1) is 5.82 Å². The van der Waals surface area contributed by atoms with Gasteiger partial charge >= 0.3 is 0 Å². The summed E-state index contributed by atoms with van der Waals surface area (Å²) in [5.41, 5.74) is 1.60. The Morgan fingerprint density at radius 1 is 1.00 bits per heavy atom. The van der Waals surface area contributed by atoms with Gasteiger partial charge in [0.25, 0.3) is 0 Å². The normalized spacial score (nSPS) is 12.0. The van der Waals surface area contributed by atoms with Crippen molar-refractivity contribution in [2.75, 3.05) is 14.2 Å². The van der Waals surface area contributed by atoms with E-state index >= 15 is 0 Å². The summed E-state index contributed by atoms with van der Waals surface area (Å²) in [4.78, 5) is 0. The lowest BCUT2D eigenvalue weighted by molar-refractivity contribution is 0.178. The molecule has 4 heteroatoms. The molecule has 0 fully saturated rings. The van der Waals surface area contributed by atoms with Crippen molar-refractivity contribution in [2.45, 2.75) is 12.5 Å². The SMILES string of the molecule is COc1ccc(CC(O)c2ccc(F)cc2)cc1OC. The molecule has 0 aliphatic rings. The van der Waals surface area contributed by atoms with Crippen LogP contribution in [0.1, 0.15) is 17.2 Å². The number of hydrogen-bond acceptors (Lipinski definition) is 3. The van der Waals surface area contributed by atoms with Crippen molar-refractivity contribution in [1.82, 2.24) is 0 Å². The largest absolute Gasteiger partial charge is 0.493 e. The lowest BCUT2D eigenvalue weighted by Crippen LogP contribution is -2.02. The van der Waals surface area contributed by atoms with E-state index in [0.717, 1.165) is 5.56 Å². The molecule has 2 rings (SSSR count). The van der Waals surface area contributed by atoms with Gasteiger partial charge in [0.1, 0.15) is 5.82 Å². The number of hydrogen-bond donors (Lipinski definition) is 1. The predicted molar refractivity (Wildman–Crippen MR) is 74.6 cm³/mol. The second kappa shape index (κ2) is 6.39. The summed E-state index contributed by atoms with van der Waals surface area (Å²) in [6, 6.07) is 11.3. The summed E-state index contributed by atoms with van der Waals surface area (Å²) in [5, 5.41) is 10.2. The third kappa shape index (κ3) is 3.27. The molecule has 0 radical (unpaired) electrons. The minimum atomic E-state index is -0.686. The summed E-state index contributed by atoms with van der Waals surface area (Å²) in [5.74, 6) is 0.955. The van der Waals surface area contributed by atoms with Crippen LogP contribution in [0.25, 0.3) is 0 Å². The van der Waals surface area contributed by atoms with Crippen LogP contribution in [0.15, 0.2) is 42.5 Å². The number of methoxy groups -OCH3 is 2. The molecule has 0 saturated carbocycles. The highest BCUT2D eigenvalue weighted by Gasteiger charge is 2.11. The number of ether oxygens (including phenoxy) is 2. The van der Waals surface area contributed by atoms with Gasteiger partial charge in [0.2, 0.25) is 0 Å². The fraction of sp³-hybridized carbons (Fsp3) is 0.250. The first kappa shape index (κ1) is 14.3. The Kier molecular flexibility index (Phi) is 4.58. The van der Waals surface area contributed by atoms with Crippen molar-refractivity contribution < 1.29 is 19.0 Å². The van der Waals surface area contributed by atoms with Crippen molar-refractivity contribution in [3.63, 3.8) is 0 Å². The van der Waals surface area contributed by atoms with Gasteiger partial charge < -0.3 is 14.6 Å². The van der Waals surface area contributed by atoms with Crippen molar-refractivity contribution in [2.24, 2.45) is 0 Å². The van der Waals surface area contributed by atoms with Gasteiger partial charge in [-0.25, -0.2) is 4.39 Å². The van der Waals surface area contributed by atoms with Crippen LogP contribution in [0.5, 0.6) is 11.5 Å². The van der Waals surface area contributed by atoms with Crippen LogP contribution in [-0.4, -0.2) is 19.3 Å². The third-order valence-electron chi connectivity index (χ3n) is 3.13. The lowest BCUT2D eigenvalue weighted by Gasteiger charge is -2.13. The average Bonchev–Trinajstić information content (AvgIpc) is 2.47. The van der Waals surface area contributed by atoms with Crippen LogP contribution < -0.4 is 9.47 Å². The standard InChI is InChI=1S/C16H17FO3/c1-19-15-8-3-11(10-16(15)20-2)9-14(18)12-4-6-13(17)7-5-12/h3-8,10,14,18H,9H2,1-2H3. The molecule has 0 spiro atoms. The summed E-state index contributed by atoms with van der Waals surface area (Å²) >= 11 is 0. The maximum atomic E-state index is 12.8. The monoisotopic (exact) mass is 276 g/mol. The predicted octanol–water partition coefficient (Wildman–Crippen LogP) is 3.12. The van der Waals surface area contributed by atoms with Crippen LogP contribution in [-0.2, 0) is 6.42 Å². The highest BCUT2D eigenvalue weighted by atomic mass is 19.1. The fourth-order valence-corrected chi connectivity index (χ4v) is 2.03. The molecule has 2 aromatic carbocycles. The molecule has 1 atom stereocenters. The van der Waals surface area contributed by atoms with E-state index in [1.54, 1.807) is 32.4 Å². The molecule has 0 bridgehead atoms. The Bertz CT molecular complexity index is 566. The molecule has 106 valence electrons.